The van der Waals surface area contributed by atoms with Crippen molar-refractivity contribution in [1.82, 2.24) is 9.88 Å². The molecule has 2 fully saturated rings. The number of nitrogens with zero attached hydrogens (tertiary/aromatic N) is 1. The van der Waals surface area contributed by atoms with Gasteiger partial charge >= 0.3 is 5.97 Å². The number of benzene rings is 1. The van der Waals surface area contributed by atoms with Gasteiger partial charge in [-0.1, -0.05) is 37.5 Å². The molecule has 1 aromatic heterocycles. The number of carbonyl (C=O) groups excluding carboxylic acids is 2. The third kappa shape index (κ3) is 3.75. The standard InChI is InChI=1S/C21H24N2O4/c24-19-11-17(16-7-3-4-8-18(16)22-19)21(26)27-13-20(25)23-10-9-14-5-1-2-6-15(14)12-23/h3-4,7-8,11,14-15H,1-2,5-6,9-10,12-13H2,(H,22,24)/t14-,15-/m1/s1. The first-order chi connectivity index (χ1) is 13.1. The molecule has 2 heterocycles. The van der Waals surface area contributed by atoms with Crippen LogP contribution in [0.1, 0.15) is 42.5 Å². The molecular weight excluding hydrogens is 344 g/mol. The highest BCUT2D eigenvalue weighted by Crippen LogP contribution is 2.36. The van der Waals surface area contributed by atoms with Crippen LogP contribution < -0.4 is 5.56 Å². The average Bonchev–Trinajstić information content (AvgIpc) is 2.70. The predicted octanol–water partition coefficient (Wildman–Crippen LogP) is 2.72. The summed E-state index contributed by atoms with van der Waals surface area (Å²) in [6.45, 7) is 1.23. The van der Waals surface area contributed by atoms with Crippen molar-refractivity contribution in [2.45, 2.75) is 32.1 Å². The summed E-state index contributed by atoms with van der Waals surface area (Å²) in [4.78, 5) is 41.3. The first kappa shape index (κ1) is 17.8. The molecule has 0 spiro atoms. The molecule has 1 aliphatic carbocycles. The van der Waals surface area contributed by atoms with Crippen LogP contribution in [0.4, 0.5) is 0 Å². The number of ether oxygens (including phenoxy) is 1. The quantitative estimate of drug-likeness (QED) is 0.845. The zero-order valence-electron chi connectivity index (χ0n) is 15.3. The van der Waals surface area contributed by atoms with Gasteiger partial charge in [0.05, 0.1) is 5.56 Å². The normalized spacial score (nSPS) is 22.3. The van der Waals surface area contributed by atoms with Gasteiger partial charge < -0.3 is 14.6 Å². The van der Waals surface area contributed by atoms with Crippen LogP contribution in [0.15, 0.2) is 35.1 Å². The number of aromatic nitrogens is 1. The number of hydrogen-bond donors (Lipinski definition) is 1. The van der Waals surface area contributed by atoms with Crippen molar-refractivity contribution >= 4 is 22.8 Å². The number of likely N-dealkylation sites (tertiary alicyclic amines) is 1. The third-order valence-electron chi connectivity index (χ3n) is 5.94. The topological polar surface area (TPSA) is 79.5 Å². The smallest absolute Gasteiger partial charge is 0.339 e. The fourth-order valence-corrected chi connectivity index (χ4v) is 4.50. The van der Waals surface area contributed by atoms with Crippen LogP contribution in [0.5, 0.6) is 0 Å². The van der Waals surface area contributed by atoms with E-state index in [0.717, 1.165) is 25.4 Å². The van der Waals surface area contributed by atoms with E-state index in [4.69, 9.17) is 4.74 Å². The first-order valence-electron chi connectivity index (χ1n) is 9.69. The molecule has 1 aliphatic heterocycles. The minimum Gasteiger partial charge on any atom is -0.452 e. The molecule has 0 bridgehead atoms. The Labute approximate surface area is 157 Å². The van der Waals surface area contributed by atoms with Crippen molar-refractivity contribution < 1.29 is 14.3 Å². The van der Waals surface area contributed by atoms with Crippen molar-refractivity contribution in [1.29, 1.82) is 0 Å². The highest BCUT2D eigenvalue weighted by atomic mass is 16.5. The molecule has 0 radical (unpaired) electrons. The fraction of sp³-hybridized carbons (Fsp3) is 0.476. The number of fused-ring (bicyclic) bond motifs is 2. The number of nitrogens with one attached hydrogen (secondary N) is 1. The monoisotopic (exact) mass is 368 g/mol. The highest BCUT2D eigenvalue weighted by Gasteiger charge is 2.33. The van der Waals surface area contributed by atoms with Gasteiger partial charge in [0.15, 0.2) is 6.61 Å². The SMILES string of the molecule is O=C(OCC(=O)N1CC[C@H]2CCCC[C@@H]2C1)c1cc(=O)[nH]c2ccccc12. The number of para-hydroxylation sites is 1. The van der Waals surface area contributed by atoms with Gasteiger partial charge in [-0.05, 0) is 30.7 Å². The number of aromatic amines is 1. The molecule has 2 aliphatic rings. The van der Waals surface area contributed by atoms with Crippen LogP contribution >= 0.6 is 0 Å². The van der Waals surface area contributed by atoms with E-state index in [1.165, 1.54) is 31.7 Å². The number of carbonyl (C=O) groups is 2. The molecule has 1 amide bonds. The van der Waals surface area contributed by atoms with Crippen molar-refractivity contribution in [3.8, 4) is 0 Å². The minimum atomic E-state index is -0.641. The van der Waals surface area contributed by atoms with E-state index in [9.17, 15) is 14.4 Å². The van der Waals surface area contributed by atoms with E-state index in [0.29, 0.717) is 16.8 Å². The lowest BCUT2D eigenvalue weighted by atomic mass is 9.75. The Balaban J connectivity index is 1.41. The lowest BCUT2D eigenvalue weighted by molar-refractivity contribution is -0.137. The maximum absolute atomic E-state index is 12.5. The second kappa shape index (κ2) is 7.55. The van der Waals surface area contributed by atoms with Crippen LogP contribution in [0.3, 0.4) is 0 Å². The van der Waals surface area contributed by atoms with E-state index in [1.54, 1.807) is 24.3 Å². The Morgan fingerprint density at radius 3 is 2.74 bits per heavy atom. The van der Waals surface area contributed by atoms with Crippen LogP contribution in [0.2, 0.25) is 0 Å². The van der Waals surface area contributed by atoms with Gasteiger partial charge in [-0.2, -0.15) is 0 Å². The highest BCUT2D eigenvalue weighted by molar-refractivity contribution is 6.03. The Hall–Kier alpha value is -2.63. The second-order valence-electron chi connectivity index (χ2n) is 7.60. The van der Waals surface area contributed by atoms with Crippen molar-refractivity contribution in [3.05, 3.63) is 46.2 Å². The molecule has 2 atom stereocenters. The van der Waals surface area contributed by atoms with E-state index < -0.39 is 5.97 Å². The summed E-state index contributed by atoms with van der Waals surface area (Å²) in [6, 6.07) is 8.27. The Bertz CT molecular complexity index is 920. The second-order valence-corrected chi connectivity index (χ2v) is 7.60. The predicted molar refractivity (Wildman–Crippen MR) is 101 cm³/mol. The molecule has 2 aromatic rings. The zero-order valence-corrected chi connectivity index (χ0v) is 15.3. The van der Waals surface area contributed by atoms with Crippen LogP contribution in [0, 0.1) is 11.8 Å². The van der Waals surface area contributed by atoms with Crippen molar-refractivity contribution in [3.63, 3.8) is 0 Å². The Kier molecular flexibility index (Phi) is 4.97. The zero-order chi connectivity index (χ0) is 18.8. The molecule has 6 heteroatoms. The lowest BCUT2D eigenvalue weighted by Gasteiger charge is -2.41. The number of H-pyrrole nitrogens is 1. The number of pyridine rings is 1. The molecule has 27 heavy (non-hydrogen) atoms. The number of amides is 1. The van der Waals surface area contributed by atoms with Crippen molar-refractivity contribution in [2.75, 3.05) is 19.7 Å². The molecule has 1 saturated carbocycles. The largest absolute Gasteiger partial charge is 0.452 e. The summed E-state index contributed by atoms with van der Waals surface area (Å²) in [5.41, 5.74) is 0.391. The van der Waals surface area contributed by atoms with Gasteiger partial charge in [0.1, 0.15) is 0 Å². The van der Waals surface area contributed by atoms with Gasteiger partial charge in [0.2, 0.25) is 5.56 Å². The number of piperidine rings is 1. The van der Waals surface area contributed by atoms with Crippen molar-refractivity contribution in [2.24, 2.45) is 11.8 Å². The van der Waals surface area contributed by atoms with Gasteiger partial charge in [0, 0.05) is 30.1 Å². The molecule has 4 rings (SSSR count). The summed E-state index contributed by atoms with van der Waals surface area (Å²) in [5.74, 6) is 0.538. The number of rotatable bonds is 3. The summed E-state index contributed by atoms with van der Waals surface area (Å²) in [6.07, 6.45) is 6.05. The molecular formula is C21H24N2O4. The van der Waals surface area contributed by atoms with E-state index in [2.05, 4.69) is 4.98 Å². The maximum Gasteiger partial charge on any atom is 0.339 e. The summed E-state index contributed by atoms with van der Waals surface area (Å²) in [5, 5.41) is 0.609. The van der Waals surface area contributed by atoms with Gasteiger partial charge in [0.25, 0.3) is 5.91 Å². The molecule has 1 N–H and O–H groups in total. The van der Waals surface area contributed by atoms with Gasteiger partial charge in [-0.15, -0.1) is 0 Å². The fourth-order valence-electron chi connectivity index (χ4n) is 4.50. The summed E-state index contributed by atoms with van der Waals surface area (Å²) >= 11 is 0. The molecule has 142 valence electrons. The van der Waals surface area contributed by atoms with E-state index in [-0.39, 0.29) is 23.6 Å². The third-order valence-corrected chi connectivity index (χ3v) is 5.94. The van der Waals surface area contributed by atoms with E-state index in [1.807, 2.05) is 4.90 Å². The summed E-state index contributed by atoms with van der Waals surface area (Å²) < 4.78 is 5.26. The average molecular weight is 368 g/mol. The van der Waals surface area contributed by atoms with Crippen LogP contribution in [-0.4, -0.2) is 41.5 Å². The molecule has 1 aromatic carbocycles. The number of hydrogen-bond acceptors (Lipinski definition) is 4. The first-order valence-corrected chi connectivity index (χ1v) is 9.69. The summed E-state index contributed by atoms with van der Waals surface area (Å²) in [7, 11) is 0. The Morgan fingerprint density at radius 2 is 1.89 bits per heavy atom. The van der Waals surface area contributed by atoms with Crippen LogP contribution in [-0.2, 0) is 9.53 Å². The molecule has 6 nitrogen and oxygen atoms in total. The van der Waals surface area contributed by atoms with Gasteiger partial charge in [-0.25, -0.2) is 4.79 Å². The lowest BCUT2D eigenvalue weighted by Crippen LogP contribution is -2.46. The maximum atomic E-state index is 12.5. The Morgan fingerprint density at radius 1 is 1.11 bits per heavy atom. The van der Waals surface area contributed by atoms with Crippen LogP contribution in [0.25, 0.3) is 10.9 Å². The van der Waals surface area contributed by atoms with E-state index >= 15 is 0 Å². The molecule has 1 saturated heterocycles. The minimum absolute atomic E-state index is 0.151. The molecule has 0 unspecified atom stereocenters. The van der Waals surface area contributed by atoms with Gasteiger partial charge in [-0.3, -0.25) is 9.59 Å². The number of esters is 1.